The number of allylic oxidation sites excluding steroid dienone is 1. The highest BCUT2D eigenvalue weighted by atomic mass is 16.5. The molecule has 2 aromatic carbocycles. The number of nitrogens with one attached hydrogen (secondary N) is 1. The number of hydrogen-bond acceptors (Lipinski definition) is 9. The second-order valence-electron chi connectivity index (χ2n) is 9.15. The van der Waals surface area contributed by atoms with E-state index in [1.807, 2.05) is 64.5 Å². The van der Waals surface area contributed by atoms with E-state index in [1.54, 1.807) is 19.4 Å². The number of methoxy groups -OCH3 is 2. The molecule has 3 rings (SSSR count). The monoisotopic (exact) mass is 518 g/mol. The van der Waals surface area contributed by atoms with Gasteiger partial charge in [0.25, 0.3) is 0 Å². The van der Waals surface area contributed by atoms with E-state index < -0.39 is 0 Å². The number of benzene rings is 2. The lowest BCUT2D eigenvalue weighted by Crippen LogP contribution is -2.29. The highest BCUT2D eigenvalue weighted by molar-refractivity contribution is 5.91. The lowest BCUT2D eigenvalue weighted by atomic mass is 9.93. The molecule has 0 saturated carbocycles. The number of carbonyl (C=O) groups excluding carboxylic acids is 1. The van der Waals surface area contributed by atoms with Crippen LogP contribution in [0.4, 0.5) is 23.0 Å². The van der Waals surface area contributed by atoms with E-state index in [2.05, 4.69) is 27.0 Å². The molecule has 0 aliphatic rings. The van der Waals surface area contributed by atoms with Crippen molar-refractivity contribution in [1.29, 1.82) is 0 Å². The molecule has 0 amide bonds. The molecule has 0 aliphatic heterocycles. The Balaban J connectivity index is 1.92. The molecule has 0 fully saturated rings. The Labute approximate surface area is 225 Å². The van der Waals surface area contributed by atoms with E-state index in [9.17, 15) is 4.79 Å². The van der Waals surface area contributed by atoms with E-state index in [-0.39, 0.29) is 5.97 Å². The quantitative estimate of drug-likeness (QED) is 0.278. The minimum Gasteiger partial charge on any atom is -0.494 e. The van der Waals surface area contributed by atoms with Crippen molar-refractivity contribution in [1.82, 2.24) is 14.9 Å². The van der Waals surface area contributed by atoms with Crippen LogP contribution in [0.3, 0.4) is 0 Å². The minimum absolute atomic E-state index is 0.357. The molecule has 0 radical (unpaired) electrons. The van der Waals surface area contributed by atoms with Crippen LogP contribution in [-0.2, 0) is 11.2 Å². The van der Waals surface area contributed by atoms with Crippen molar-refractivity contribution in [2.45, 2.75) is 20.3 Å². The first-order chi connectivity index (χ1) is 18.2. The van der Waals surface area contributed by atoms with Crippen LogP contribution in [0, 0.1) is 0 Å². The van der Waals surface area contributed by atoms with Crippen LogP contribution in [0.5, 0.6) is 5.75 Å². The first kappa shape index (κ1) is 28.5. The third kappa shape index (κ3) is 6.60. The number of esters is 1. The lowest BCUT2D eigenvalue weighted by Gasteiger charge is -2.24. The van der Waals surface area contributed by atoms with Gasteiger partial charge in [-0.05, 0) is 62.8 Å². The second kappa shape index (κ2) is 12.9. The Morgan fingerprint density at radius 3 is 2.50 bits per heavy atom. The normalized spacial score (nSPS) is 11.4. The summed E-state index contributed by atoms with van der Waals surface area (Å²) in [4.78, 5) is 25.5. The van der Waals surface area contributed by atoms with Gasteiger partial charge < -0.3 is 30.3 Å². The zero-order chi connectivity index (χ0) is 27.8. The van der Waals surface area contributed by atoms with E-state index in [0.717, 1.165) is 47.6 Å². The number of anilines is 4. The number of aromatic nitrogens is 2. The second-order valence-corrected chi connectivity index (χ2v) is 9.15. The summed E-state index contributed by atoms with van der Waals surface area (Å²) in [5.41, 5.74) is 12.8. The topological polar surface area (TPSA) is 106 Å². The molecule has 1 heterocycles. The third-order valence-electron chi connectivity index (χ3n) is 6.31. The van der Waals surface area contributed by atoms with Crippen molar-refractivity contribution in [3.8, 4) is 5.75 Å². The molecule has 1 aromatic heterocycles. The van der Waals surface area contributed by atoms with Crippen LogP contribution in [0.15, 0.2) is 48.7 Å². The van der Waals surface area contributed by atoms with E-state index in [0.29, 0.717) is 28.6 Å². The maximum atomic E-state index is 12.0. The molecule has 0 bridgehead atoms. The smallest absolute Gasteiger partial charge is 0.337 e. The Bertz CT molecular complexity index is 1310. The van der Waals surface area contributed by atoms with Crippen LogP contribution >= 0.6 is 0 Å². The maximum absolute atomic E-state index is 12.0. The Kier molecular flexibility index (Phi) is 9.67. The Morgan fingerprint density at radius 2 is 1.87 bits per heavy atom. The van der Waals surface area contributed by atoms with Crippen LogP contribution in [0.25, 0.3) is 5.57 Å². The summed E-state index contributed by atoms with van der Waals surface area (Å²) in [5, 5.41) is 3.27. The fourth-order valence-corrected chi connectivity index (χ4v) is 4.18. The summed E-state index contributed by atoms with van der Waals surface area (Å²) in [7, 11) is 9.10. The minimum atomic E-state index is -0.357. The number of nitrogens with zero attached hydrogens (tertiary/aromatic N) is 4. The van der Waals surface area contributed by atoms with Crippen LogP contribution in [0.2, 0.25) is 0 Å². The van der Waals surface area contributed by atoms with E-state index in [4.69, 9.17) is 20.2 Å². The highest BCUT2D eigenvalue weighted by Gasteiger charge is 2.16. The number of nitrogen functional groups attached to an aromatic ring is 1. The zero-order valence-electron chi connectivity index (χ0n) is 23.3. The fraction of sp³-hybridized carbons (Fsp3) is 0.345. The number of likely N-dealkylation sites (N-methyl/N-ethyl adjacent to an activating group) is 2. The number of nitrogens with two attached hydrogens (primary N) is 1. The average molecular weight is 519 g/mol. The van der Waals surface area contributed by atoms with Gasteiger partial charge in [0.1, 0.15) is 5.75 Å². The standard InChI is InChI=1S/C29H38N6O3/c1-8-19-16-20(28(36)38-7)10-11-22(19)21(9-2)24-12-13-31-29(32-24)33-25-17-23(30)26(18-27(25)37-6)35(5)15-14-34(3)4/h9-13,16-18H,8,14-15,30H2,1-7H3,(H,31,32,33)/b21-9+. The molecule has 0 unspecified atom stereocenters. The van der Waals surface area contributed by atoms with Gasteiger partial charge in [0.05, 0.1) is 42.5 Å². The number of ether oxygens (including phenoxy) is 2. The van der Waals surface area contributed by atoms with Crippen molar-refractivity contribution < 1.29 is 14.3 Å². The van der Waals surface area contributed by atoms with Gasteiger partial charge in [0.15, 0.2) is 0 Å². The average Bonchev–Trinajstić information content (AvgIpc) is 2.92. The Hall–Kier alpha value is -4.11. The number of hydrogen-bond donors (Lipinski definition) is 2. The van der Waals surface area contributed by atoms with Crippen molar-refractivity contribution >= 4 is 34.6 Å². The van der Waals surface area contributed by atoms with Crippen molar-refractivity contribution in [2.75, 3.05) is 64.4 Å². The van der Waals surface area contributed by atoms with Gasteiger partial charge in [0, 0.05) is 38.0 Å². The van der Waals surface area contributed by atoms with Crippen molar-refractivity contribution in [3.63, 3.8) is 0 Å². The summed E-state index contributed by atoms with van der Waals surface area (Å²) >= 11 is 0. The SMILES string of the molecule is C/C=C(/c1ccnc(Nc2cc(N)c(N(C)CCN(C)C)cc2OC)n1)c1ccc(C(=O)OC)cc1CC. The molecule has 0 saturated heterocycles. The predicted molar refractivity (Wildman–Crippen MR) is 154 cm³/mol. The molecular formula is C29H38N6O3. The molecule has 38 heavy (non-hydrogen) atoms. The molecule has 0 aliphatic carbocycles. The van der Waals surface area contributed by atoms with Gasteiger partial charge in [-0.2, -0.15) is 0 Å². The highest BCUT2D eigenvalue weighted by Crippen LogP contribution is 2.36. The van der Waals surface area contributed by atoms with E-state index in [1.165, 1.54) is 7.11 Å². The fourth-order valence-electron chi connectivity index (χ4n) is 4.18. The molecule has 3 aromatic rings. The van der Waals surface area contributed by atoms with Gasteiger partial charge in [0.2, 0.25) is 5.95 Å². The maximum Gasteiger partial charge on any atom is 0.337 e. The molecule has 9 heteroatoms. The summed E-state index contributed by atoms with van der Waals surface area (Å²) < 4.78 is 10.5. The summed E-state index contributed by atoms with van der Waals surface area (Å²) in [6, 6.07) is 11.2. The van der Waals surface area contributed by atoms with Crippen LogP contribution in [-0.4, -0.2) is 69.3 Å². The van der Waals surface area contributed by atoms with Gasteiger partial charge in [-0.3, -0.25) is 0 Å². The molecule has 3 N–H and O–H groups in total. The largest absolute Gasteiger partial charge is 0.494 e. The summed E-state index contributed by atoms with van der Waals surface area (Å²) in [5.74, 6) is 0.695. The molecule has 0 atom stereocenters. The zero-order valence-corrected chi connectivity index (χ0v) is 23.3. The van der Waals surface area contributed by atoms with E-state index >= 15 is 0 Å². The van der Waals surface area contributed by atoms with Crippen LogP contribution in [0.1, 0.15) is 41.0 Å². The molecule has 9 nitrogen and oxygen atoms in total. The first-order valence-corrected chi connectivity index (χ1v) is 12.5. The van der Waals surface area contributed by atoms with Crippen LogP contribution < -0.4 is 20.7 Å². The number of carbonyl (C=O) groups is 1. The summed E-state index contributed by atoms with van der Waals surface area (Å²) in [6.45, 7) is 5.74. The molecule has 0 spiro atoms. The Morgan fingerprint density at radius 1 is 1.11 bits per heavy atom. The molecule has 202 valence electrons. The van der Waals surface area contributed by atoms with Gasteiger partial charge in [-0.15, -0.1) is 0 Å². The third-order valence-corrected chi connectivity index (χ3v) is 6.31. The van der Waals surface area contributed by atoms with Crippen molar-refractivity contribution in [3.05, 3.63) is 71.1 Å². The van der Waals surface area contributed by atoms with Gasteiger partial charge in [-0.1, -0.05) is 19.1 Å². The van der Waals surface area contributed by atoms with Gasteiger partial charge >= 0.3 is 5.97 Å². The lowest BCUT2D eigenvalue weighted by molar-refractivity contribution is 0.0600. The molecular weight excluding hydrogens is 480 g/mol. The van der Waals surface area contributed by atoms with Gasteiger partial charge in [-0.25, -0.2) is 14.8 Å². The van der Waals surface area contributed by atoms with Crippen molar-refractivity contribution in [2.24, 2.45) is 0 Å². The number of aryl methyl sites for hydroxylation is 1. The summed E-state index contributed by atoms with van der Waals surface area (Å²) in [6.07, 6.45) is 4.47. The first-order valence-electron chi connectivity index (χ1n) is 12.5. The number of rotatable bonds is 11. The predicted octanol–water partition coefficient (Wildman–Crippen LogP) is 4.61.